The van der Waals surface area contributed by atoms with Gasteiger partial charge in [0.15, 0.2) is 16.6 Å². The SMILES string of the molecule is COc1ccc(-c2csc(NC(=O)C(Sc3ccc(N)cc3)c3ccccc3)n2)cc1OC. The number of nitrogen functional groups attached to an aromatic ring is 1. The second kappa shape index (κ2) is 10.4. The lowest BCUT2D eigenvalue weighted by atomic mass is 10.1. The summed E-state index contributed by atoms with van der Waals surface area (Å²) in [5.41, 5.74) is 9.03. The predicted octanol–water partition coefficient (Wildman–Crippen LogP) is 5.88. The highest BCUT2D eigenvalue weighted by Gasteiger charge is 2.23. The van der Waals surface area contributed by atoms with Gasteiger partial charge in [-0.2, -0.15) is 0 Å². The summed E-state index contributed by atoms with van der Waals surface area (Å²) in [5.74, 6) is 1.13. The first-order valence-corrected chi connectivity index (χ1v) is 11.9. The highest BCUT2D eigenvalue weighted by atomic mass is 32.2. The summed E-state index contributed by atoms with van der Waals surface area (Å²) in [6.45, 7) is 0. The number of rotatable bonds is 8. The number of benzene rings is 3. The van der Waals surface area contributed by atoms with Gasteiger partial charge < -0.3 is 20.5 Å². The number of nitrogens with one attached hydrogen (secondary N) is 1. The lowest BCUT2D eigenvalue weighted by Crippen LogP contribution is -2.18. The second-order valence-electron chi connectivity index (χ2n) is 7.07. The van der Waals surface area contributed by atoms with Gasteiger partial charge in [-0.15, -0.1) is 23.1 Å². The van der Waals surface area contributed by atoms with E-state index in [-0.39, 0.29) is 5.91 Å². The molecule has 0 aliphatic rings. The molecule has 4 aromatic rings. The Balaban J connectivity index is 1.55. The van der Waals surface area contributed by atoms with Crippen molar-refractivity contribution in [3.05, 3.63) is 83.7 Å². The maximum atomic E-state index is 13.3. The number of ether oxygens (including phenoxy) is 2. The molecule has 0 radical (unpaired) electrons. The number of hydrogen-bond donors (Lipinski definition) is 2. The minimum atomic E-state index is -0.441. The quantitative estimate of drug-likeness (QED) is 0.243. The van der Waals surface area contributed by atoms with Gasteiger partial charge in [-0.1, -0.05) is 30.3 Å². The largest absolute Gasteiger partial charge is 0.493 e. The highest BCUT2D eigenvalue weighted by Crippen LogP contribution is 2.38. The lowest BCUT2D eigenvalue weighted by molar-refractivity contribution is -0.115. The standard InChI is InChI=1S/C25H23N3O3S2/c1-30-21-13-8-17(14-22(21)31-2)20-15-32-25(27-20)28-24(29)23(16-6-4-3-5-7-16)33-19-11-9-18(26)10-12-19/h3-15,23H,26H2,1-2H3,(H,27,28,29). The summed E-state index contributed by atoms with van der Waals surface area (Å²) in [6, 6.07) is 22.8. The Morgan fingerprint density at radius 3 is 2.42 bits per heavy atom. The van der Waals surface area contributed by atoms with Crippen molar-refractivity contribution in [3.8, 4) is 22.8 Å². The number of carbonyl (C=O) groups is 1. The number of anilines is 2. The van der Waals surface area contributed by atoms with Crippen LogP contribution >= 0.6 is 23.1 Å². The van der Waals surface area contributed by atoms with Crippen molar-refractivity contribution in [1.82, 2.24) is 4.98 Å². The van der Waals surface area contributed by atoms with Crippen molar-refractivity contribution in [2.24, 2.45) is 0 Å². The maximum absolute atomic E-state index is 13.3. The first-order chi connectivity index (χ1) is 16.1. The molecule has 0 aliphatic carbocycles. The fraction of sp³-hybridized carbons (Fsp3) is 0.120. The molecule has 1 atom stereocenters. The smallest absolute Gasteiger partial charge is 0.244 e. The average molecular weight is 478 g/mol. The van der Waals surface area contributed by atoms with E-state index in [1.54, 1.807) is 14.2 Å². The van der Waals surface area contributed by atoms with E-state index < -0.39 is 5.25 Å². The van der Waals surface area contributed by atoms with Crippen molar-refractivity contribution in [1.29, 1.82) is 0 Å². The van der Waals surface area contributed by atoms with Crippen LogP contribution in [0.25, 0.3) is 11.3 Å². The molecule has 0 spiro atoms. The molecule has 0 saturated carbocycles. The molecule has 0 saturated heterocycles. The lowest BCUT2D eigenvalue weighted by Gasteiger charge is -2.16. The van der Waals surface area contributed by atoms with Gasteiger partial charge in [-0.05, 0) is 48.0 Å². The fourth-order valence-corrected chi connectivity index (χ4v) is 4.96. The molecule has 1 unspecified atom stereocenters. The van der Waals surface area contributed by atoms with Crippen LogP contribution in [0, 0.1) is 0 Å². The minimum Gasteiger partial charge on any atom is -0.493 e. The molecule has 0 fully saturated rings. The summed E-state index contributed by atoms with van der Waals surface area (Å²) < 4.78 is 10.7. The van der Waals surface area contributed by atoms with Crippen LogP contribution in [0.2, 0.25) is 0 Å². The van der Waals surface area contributed by atoms with E-state index in [0.717, 1.165) is 21.7 Å². The van der Waals surface area contributed by atoms with Crippen molar-refractivity contribution in [2.45, 2.75) is 10.1 Å². The molecule has 1 amide bonds. The van der Waals surface area contributed by atoms with E-state index in [2.05, 4.69) is 10.3 Å². The van der Waals surface area contributed by atoms with Crippen LogP contribution in [0.5, 0.6) is 11.5 Å². The van der Waals surface area contributed by atoms with Gasteiger partial charge in [0, 0.05) is 21.5 Å². The van der Waals surface area contributed by atoms with E-state index in [0.29, 0.717) is 22.3 Å². The minimum absolute atomic E-state index is 0.142. The average Bonchev–Trinajstić information content (AvgIpc) is 3.32. The van der Waals surface area contributed by atoms with E-state index in [4.69, 9.17) is 15.2 Å². The van der Waals surface area contributed by atoms with Crippen LogP contribution in [0.15, 0.2) is 83.1 Å². The number of carbonyl (C=O) groups excluding carboxylic acids is 1. The van der Waals surface area contributed by atoms with Crippen LogP contribution in [-0.2, 0) is 4.79 Å². The zero-order chi connectivity index (χ0) is 23.2. The van der Waals surface area contributed by atoms with E-state index in [9.17, 15) is 4.79 Å². The molecule has 0 bridgehead atoms. The normalized spacial score (nSPS) is 11.6. The third-order valence-electron chi connectivity index (χ3n) is 4.89. The van der Waals surface area contributed by atoms with Crippen LogP contribution in [-0.4, -0.2) is 25.1 Å². The molecule has 3 aromatic carbocycles. The van der Waals surface area contributed by atoms with Crippen LogP contribution in [0.1, 0.15) is 10.8 Å². The number of nitrogens with two attached hydrogens (primary N) is 1. The van der Waals surface area contributed by atoms with Gasteiger partial charge in [0.1, 0.15) is 5.25 Å². The number of hydrogen-bond acceptors (Lipinski definition) is 7. The van der Waals surface area contributed by atoms with E-state index >= 15 is 0 Å². The number of nitrogens with zero attached hydrogens (tertiary/aromatic N) is 1. The van der Waals surface area contributed by atoms with Crippen molar-refractivity contribution in [2.75, 3.05) is 25.3 Å². The molecule has 6 nitrogen and oxygen atoms in total. The number of aromatic nitrogens is 1. The van der Waals surface area contributed by atoms with Gasteiger partial charge in [-0.25, -0.2) is 4.98 Å². The summed E-state index contributed by atoms with van der Waals surface area (Å²) in [7, 11) is 3.19. The molecule has 168 valence electrons. The van der Waals surface area contributed by atoms with E-state index in [1.165, 1.54) is 23.1 Å². The Morgan fingerprint density at radius 1 is 1.00 bits per heavy atom. The summed E-state index contributed by atoms with van der Waals surface area (Å²) >= 11 is 2.84. The van der Waals surface area contributed by atoms with Gasteiger partial charge in [0.05, 0.1) is 19.9 Å². The maximum Gasteiger partial charge on any atom is 0.244 e. The van der Waals surface area contributed by atoms with Gasteiger partial charge in [-0.3, -0.25) is 4.79 Å². The van der Waals surface area contributed by atoms with Crippen molar-refractivity contribution < 1.29 is 14.3 Å². The summed E-state index contributed by atoms with van der Waals surface area (Å²) in [5, 5.41) is 4.97. The molecular weight excluding hydrogens is 454 g/mol. The topological polar surface area (TPSA) is 86.5 Å². The van der Waals surface area contributed by atoms with Crippen molar-refractivity contribution >= 4 is 39.8 Å². The Hall–Kier alpha value is -3.49. The third-order valence-corrected chi connectivity index (χ3v) is 6.91. The zero-order valence-corrected chi connectivity index (χ0v) is 19.8. The summed E-state index contributed by atoms with van der Waals surface area (Å²) in [4.78, 5) is 18.9. The Morgan fingerprint density at radius 2 is 1.73 bits per heavy atom. The fourth-order valence-electron chi connectivity index (χ4n) is 3.21. The predicted molar refractivity (Wildman–Crippen MR) is 135 cm³/mol. The van der Waals surface area contributed by atoms with E-state index in [1.807, 2.05) is 78.2 Å². The first kappa shape index (κ1) is 22.7. The molecule has 3 N–H and O–H groups in total. The zero-order valence-electron chi connectivity index (χ0n) is 18.1. The monoisotopic (exact) mass is 477 g/mol. The number of methoxy groups -OCH3 is 2. The first-order valence-electron chi connectivity index (χ1n) is 10.1. The van der Waals surface area contributed by atoms with Crippen molar-refractivity contribution in [3.63, 3.8) is 0 Å². The number of amides is 1. The molecule has 33 heavy (non-hydrogen) atoms. The molecule has 0 aliphatic heterocycles. The van der Waals surface area contributed by atoms with Crippen LogP contribution in [0.3, 0.4) is 0 Å². The molecule has 1 heterocycles. The highest BCUT2D eigenvalue weighted by molar-refractivity contribution is 8.00. The molecule has 1 aromatic heterocycles. The van der Waals surface area contributed by atoms with Crippen LogP contribution < -0.4 is 20.5 Å². The Bertz CT molecular complexity index is 1230. The molecular formula is C25H23N3O3S2. The molecule has 8 heteroatoms. The van der Waals surface area contributed by atoms with Crippen LogP contribution in [0.4, 0.5) is 10.8 Å². The number of thiazole rings is 1. The Kier molecular flexibility index (Phi) is 7.16. The summed E-state index contributed by atoms with van der Waals surface area (Å²) in [6.07, 6.45) is 0. The Labute approximate surface area is 200 Å². The molecule has 4 rings (SSSR count). The second-order valence-corrected chi connectivity index (χ2v) is 9.11. The van der Waals surface area contributed by atoms with Gasteiger partial charge in [0.25, 0.3) is 0 Å². The third kappa shape index (κ3) is 5.47. The van der Waals surface area contributed by atoms with Gasteiger partial charge in [0.2, 0.25) is 5.91 Å². The number of thioether (sulfide) groups is 1. The van der Waals surface area contributed by atoms with Gasteiger partial charge >= 0.3 is 0 Å².